The van der Waals surface area contributed by atoms with Crippen molar-refractivity contribution >= 4 is 0 Å². The van der Waals surface area contributed by atoms with Crippen molar-refractivity contribution < 1.29 is 0 Å². The van der Waals surface area contributed by atoms with Gasteiger partial charge in [-0.25, -0.2) is 0 Å². The first-order valence-electron chi connectivity index (χ1n) is 6.73. The van der Waals surface area contributed by atoms with E-state index in [1.54, 1.807) is 0 Å². The van der Waals surface area contributed by atoms with Crippen LogP contribution in [0.2, 0.25) is 0 Å². The molecule has 1 aliphatic rings. The third-order valence-electron chi connectivity index (χ3n) is 4.01. The van der Waals surface area contributed by atoms with Crippen LogP contribution in [0.4, 0.5) is 0 Å². The van der Waals surface area contributed by atoms with Crippen LogP contribution >= 0.6 is 0 Å². The van der Waals surface area contributed by atoms with E-state index in [4.69, 9.17) is 5.73 Å². The van der Waals surface area contributed by atoms with E-state index in [2.05, 4.69) is 29.8 Å². The summed E-state index contributed by atoms with van der Waals surface area (Å²) in [6.45, 7) is 5.75. The first-order valence-corrected chi connectivity index (χ1v) is 6.73. The third-order valence-corrected chi connectivity index (χ3v) is 4.01. The van der Waals surface area contributed by atoms with Crippen molar-refractivity contribution in [2.45, 2.75) is 18.5 Å². The first kappa shape index (κ1) is 14.0. The summed E-state index contributed by atoms with van der Waals surface area (Å²) < 4.78 is 0. The molecule has 102 valence electrons. The summed E-state index contributed by atoms with van der Waals surface area (Å²) >= 11 is 0. The van der Waals surface area contributed by atoms with Crippen LogP contribution in [-0.2, 0) is 5.54 Å². The van der Waals surface area contributed by atoms with Crippen molar-refractivity contribution in [1.82, 2.24) is 9.80 Å². The maximum Gasteiger partial charge on any atom is 0.142 e. The fraction of sp³-hybridized carbons (Fsp3) is 0.533. The number of nitrogens with two attached hydrogens (primary N) is 1. The summed E-state index contributed by atoms with van der Waals surface area (Å²) in [4.78, 5) is 4.63. The highest BCUT2D eigenvalue weighted by Gasteiger charge is 2.32. The van der Waals surface area contributed by atoms with Gasteiger partial charge in [0.2, 0.25) is 0 Å². The van der Waals surface area contributed by atoms with Crippen molar-refractivity contribution in [3.63, 3.8) is 0 Å². The summed E-state index contributed by atoms with van der Waals surface area (Å²) in [5.41, 5.74) is 6.29. The molecule has 1 aromatic rings. The lowest BCUT2D eigenvalue weighted by molar-refractivity contribution is 0.0933. The summed E-state index contributed by atoms with van der Waals surface area (Å²) in [5, 5.41) is 9.48. The Bertz CT molecular complexity index is 453. The number of likely N-dealkylation sites (N-methyl/N-ethyl adjacent to an activating group) is 1. The molecule has 1 saturated heterocycles. The van der Waals surface area contributed by atoms with Crippen molar-refractivity contribution in [2.24, 2.45) is 5.73 Å². The van der Waals surface area contributed by atoms with E-state index in [1.165, 1.54) is 0 Å². The second-order valence-electron chi connectivity index (χ2n) is 5.51. The SMILES string of the molecule is CC1CN(CC(N)(C#N)c2ccccc2)CCN1C. The lowest BCUT2D eigenvalue weighted by atomic mass is 9.91. The minimum absolute atomic E-state index is 0.507. The highest BCUT2D eigenvalue weighted by Crippen LogP contribution is 2.20. The molecule has 1 fully saturated rings. The fourth-order valence-corrected chi connectivity index (χ4v) is 2.55. The van der Waals surface area contributed by atoms with Gasteiger partial charge in [-0.3, -0.25) is 4.90 Å². The Morgan fingerprint density at radius 3 is 2.63 bits per heavy atom. The highest BCUT2D eigenvalue weighted by atomic mass is 15.3. The number of hydrogen-bond donors (Lipinski definition) is 1. The zero-order valence-electron chi connectivity index (χ0n) is 11.7. The molecule has 2 rings (SSSR count). The van der Waals surface area contributed by atoms with Gasteiger partial charge in [0.1, 0.15) is 5.54 Å². The van der Waals surface area contributed by atoms with E-state index in [-0.39, 0.29) is 0 Å². The summed E-state index contributed by atoms with van der Waals surface area (Å²) in [7, 11) is 2.14. The molecule has 0 aliphatic carbocycles. The van der Waals surface area contributed by atoms with Gasteiger partial charge in [0.05, 0.1) is 6.07 Å². The Balaban J connectivity index is 2.10. The third kappa shape index (κ3) is 3.13. The summed E-state index contributed by atoms with van der Waals surface area (Å²) in [6.07, 6.45) is 0. The zero-order chi connectivity index (χ0) is 13.9. The van der Waals surface area contributed by atoms with E-state index in [0.717, 1.165) is 25.2 Å². The van der Waals surface area contributed by atoms with Gasteiger partial charge >= 0.3 is 0 Å². The van der Waals surface area contributed by atoms with Gasteiger partial charge in [0.25, 0.3) is 0 Å². The molecule has 19 heavy (non-hydrogen) atoms. The predicted octanol–water partition coefficient (Wildman–Crippen LogP) is 1.00. The van der Waals surface area contributed by atoms with E-state index in [9.17, 15) is 5.26 Å². The predicted molar refractivity (Wildman–Crippen MR) is 76.5 cm³/mol. The summed E-state index contributed by atoms with van der Waals surface area (Å²) in [6, 6.07) is 12.5. The smallest absolute Gasteiger partial charge is 0.142 e. The summed E-state index contributed by atoms with van der Waals surface area (Å²) in [5.74, 6) is 0. The molecule has 0 spiro atoms. The lowest BCUT2D eigenvalue weighted by Gasteiger charge is -2.40. The van der Waals surface area contributed by atoms with E-state index >= 15 is 0 Å². The van der Waals surface area contributed by atoms with Crippen LogP contribution in [0.3, 0.4) is 0 Å². The lowest BCUT2D eigenvalue weighted by Crippen LogP contribution is -2.55. The molecule has 1 heterocycles. The average Bonchev–Trinajstić information content (AvgIpc) is 2.44. The molecule has 0 radical (unpaired) electrons. The molecule has 4 heteroatoms. The zero-order valence-corrected chi connectivity index (χ0v) is 11.7. The van der Waals surface area contributed by atoms with E-state index in [0.29, 0.717) is 12.6 Å². The van der Waals surface area contributed by atoms with Gasteiger partial charge in [-0.15, -0.1) is 0 Å². The number of nitrogens with zero attached hydrogens (tertiary/aromatic N) is 3. The Morgan fingerprint density at radius 2 is 2.05 bits per heavy atom. The van der Waals surface area contributed by atoms with Crippen LogP contribution in [-0.4, -0.2) is 49.1 Å². The van der Waals surface area contributed by atoms with Gasteiger partial charge < -0.3 is 10.6 Å². The van der Waals surface area contributed by atoms with Gasteiger partial charge in [0.15, 0.2) is 0 Å². The Hall–Kier alpha value is -1.41. The normalized spacial score (nSPS) is 24.6. The van der Waals surface area contributed by atoms with E-state index in [1.807, 2.05) is 30.3 Å². The van der Waals surface area contributed by atoms with Crippen LogP contribution in [0.25, 0.3) is 0 Å². The molecule has 2 N–H and O–H groups in total. The molecular weight excluding hydrogens is 236 g/mol. The molecular formula is C15H22N4. The van der Waals surface area contributed by atoms with Gasteiger partial charge in [-0.2, -0.15) is 5.26 Å². The number of hydrogen-bond acceptors (Lipinski definition) is 4. The van der Waals surface area contributed by atoms with Crippen molar-refractivity contribution in [1.29, 1.82) is 5.26 Å². The van der Waals surface area contributed by atoms with Crippen LogP contribution in [0.5, 0.6) is 0 Å². The van der Waals surface area contributed by atoms with Crippen LogP contribution in [0, 0.1) is 11.3 Å². The van der Waals surface area contributed by atoms with Crippen molar-refractivity contribution in [3.8, 4) is 6.07 Å². The minimum atomic E-state index is -0.920. The standard InChI is InChI=1S/C15H22N4/c1-13-10-19(9-8-18(13)2)12-15(17,11-16)14-6-4-3-5-7-14/h3-7,13H,8-10,12,17H2,1-2H3. The fourth-order valence-electron chi connectivity index (χ4n) is 2.55. The second kappa shape index (κ2) is 5.70. The Labute approximate surface area is 115 Å². The monoisotopic (exact) mass is 258 g/mol. The molecule has 2 atom stereocenters. The molecule has 0 saturated carbocycles. The van der Waals surface area contributed by atoms with Gasteiger partial charge in [-0.05, 0) is 19.5 Å². The average molecular weight is 258 g/mol. The van der Waals surface area contributed by atoms with Crippen LogP contribution < -0.4 is 5.73 Å². The molecule has 0 bridgehead atoms. The maximum absolute atomic E-state index is 9.48. The van der Waals surface area contributed by atoms with Crippen molar-refractivity contribution in [2.75, 3.05) is 33.2 Å². The number of piperazine rings is 1. The van der Waals surface area contributed by atoms with Crippen molar-refractivity contribution in [3.05, 3.63) is 35.9 Å². The second-order valence-corrected chi connectivity index (χ2v) is 5.51. The first-order chi connectivity index (χ1) is 9.05. The molecule has 1 aromatic carbocycles. The quantitative estimate of drug-likeness (QED) is 0.879. The molecule has 0 aromatic heterocycles. The van der Waals surface area contributed by atoms with Gasteiger partial charge in [0, 0.05) is 32.2 Å². The Morgan fingerprint density at radius 1 is 1.37 bits per heavy atom. The molecule has 4 nitrogen and oxygen atoms in total. The number of nitriles is 1. The van der Waals surface area contributed by atoms with Gasteiger partial charge in [-0.1, -0.05) is 30.3 Å². The number of benzene rings is 1. The topological polar surface area (TPSA) is 56.3 Å². The maximum atomic E-state index is 9.48. The molecule has 1 aliphatic heterocycles. The van der Waals surface area contributed by atoms with Crippen LogP contribution in [0.15, 0.2) is 30.3 Å². The van der Waals surface area contributed by atoms with Crippen LogP contribution in [0.1, 0.15) is 12.5 Å². The highest BCUT2D eigenvalue weighted by molar-refractivity contribution is 5.31. The largest absolute Gasteiger partial charge is 0.309 e. The van der Waals surface area contributed by atoms with E-state index < -0.39 is 5.54 Å². The number of rotatable bonds is 3. The minimum Gasteiger partial charge on any atom is -0.309 e. The molecule has 2 unspecified atom stereocenters. The Kier molecular flexibility index (Phi) is 4.20. The molecule has 0 amide bonds.